The molecule has 1 fully saturated rings. The predicted octanol–water partition coefficient (Wildman–Crippen LogP) is 1.16. The molecule has 0 aliphatic carbocycles. The van der Waals surface area contributed by atoms with E-state index in [1.165, 1.54) is 7.11 Å². The number of hydrogen-bond acceptors (Lipinski definition) is 8. The van der Waals surface area contributed by atoms with Gasteiger partial charge in [-0.05, 0) is 24.3 Å². The molecule has 1 heterocycles. The molecule has 0 amide bonds. The van der Waals surface area contributed by atoms with Gasteiger partial charge >= 0.3 is 11.9 Å². The lowest BCUT2D eigenvalue weighted by Gasteiger charge is -2.41. The van der Waals surface area contributed by atoms with Crippen molar-refractivity contribution in [2.45, 2.75) is 30.7 Å². The van der Waals surface area contributed by atoms with Crippen LogP contribution >= 0.6 is 0 Å². The zero-order valence-electron chi connectivity index (χ0n) is 15.7. The van der Waals surface area contributed by atoms with E-state index in [-0.39, 0.29) is 12.2 Å². The van der Waals surface area contributed by atoms with Crippen molar-refractivity contribution >= 4 is 11.9 Å². The minimum absolute atomic E-state index is 0.263. The van der Waals surface area contributed by atoms with E-state index in [9.17, 15) is 19.8 Å². The van der Waals surface area contributed by atoms with Gasteiger partial charge in [0.2, 0.25) is 0 Å². The first-order valence-corrected chi connectivity index (χ1v) is 9.04. The molecule has 8 heteroatoms. The molecule has 154 valence electrons. The first kappa shape index (κ1) is 20.9. The van der Waals surface area contributed by atoms with Crippen molar-refractivity contribution in [3.63, 3.8) is 0 Å². The Morgan fingerprint density at radius 2 is 1.45 bits per heavy atom. The third kappa shape index (κ3) is 4.99. The first-order valence-electron chi connectivity index (χ1n) is 9.04. The minimum atomic E-state index is -1.44. The van der Waals surface area contributed by atoms with E-state index >= 15 is 0 Å². The number of hydrogen-bond donors (Lipinski definition) is 2. The van der Waals surface area contributed by atoms with E-state index in [1.807, 2.05) is 0 Å². The van der Waals surface area contributed by atoms with Crippen LogP contribution in [0.1, 0.15) is 20.7 Å². The molecule has 0 radical (unpaired) electrons. The van der Waals surface area contributed by atoms with E-state index in [0.29, 0.717) is 5.56 Å². The van der Waals surface area contributed by atoms with Crippen molar-refractivity contribution < 1.29 is 38.7 Å². The Morgan fingerprint density at radius 1 is 0.897 bits per heavy atom. The van der Waals surface area contributed by atoms with Gasteiger partial charge in [-0.2, -0.15) is 0 Å². The number of benzene rings is 2. The zero-order chi connectivity index (χ0) is 20.8. The fourth-order valence-corrected chi connectivity index (χ4v) is 2.96. The second-order valence-corrected chi connectivity index (χ2v) is 6.46. The Morgan fingerprint density at radius 3 is 2.00 bits per heavy atom. The molecule has 0 spiro atoms. The van der Waals surface area contributed by atoms with Crippen molar-refractivity contribution in [2.24, 2.45) is 0 Å². The third-order valence-electron chi connectivity index (χ3n) is 4.51. The molecule has 0 aromatic heterocycles. The van der Waals surface area contributed by atoms with Crippen molar-refractivity contribution in [2.75, 3.05) is 13.7 Å². The van der Waals surface area contributed by atoms with Crippen molar-refractivity contribution in [3.8, 4) is 0 Å². The number of aliphatic hydroxyl groups excluding tert-OH is 2. The zero-order valence-corrected chi connectivity index (χ0v) is 15.7. The van der Waals surface area contributed by atoms with E-state index in [1.54, 1.807) is 60.7 Å². The molecule has 2 aromatic carbocycles. The van der Waals surface area contributed by atoms with Crippen LogP contribution in [0.25, 0.3) is 0 Å². The van der Waals surface area contributed by atoms with E-state index < -0.39 is 42.6 Å². The SMILES string of the molecule is CO[C@@H]1O[C@H](COC(=O)c2ccccc2)[C@H](O)[C@H](OC(=O)c2ccccc2)[C@H]1O. The van der Waals surface area contributed by atoms with Crippen LogP contribution in [0.15, 0.2) is 60.7 Å². The van der Waals surface area contributed by atoms with Gasteiger partial charge in [-0.25, -0.2) is 9.59 Å². The fraction of sp³-hybridized carbons (Fsp3) is 0.333. The summed E-state index contributed by atoms with van der Waals surface area (Å²) in [6, 6.07) is 16.5. The van der Waals surface area contributed by atoms with Crippen molar-refractivity contribution in [3.05, 3.63) is 71.8 Å². The molecule has 0 bridgehead atoms. The highest BCUT2D eigenvalue weighted by molar-refractivity contribution is 5.89. The van der Waals surface area contributed by atoms with Gasteiger partial charge in [0.15, 0.2) is 12.4 Å². The summed E-state index contributed by atoms with van der Waals surface area (Å²) in [7, 11) is 1.30. The molecule has 29 heavy (non-hydrogen) atoms. The van der Waals surface area contributed by atoms with Gasteiger partial charge in [-0.1, -0.05) is 36.4 Å². The largest absolute Gasteiger partial charge is 0.459 e. The lowest BCUT2D eigenvalue weighted by atomic mass is 9.99. The Bertz CT molecular complexity index is 810. The Kier molecular flexibility index (Phi) is 6.95. The molecule has 0 saturated carbocycles. The highest BCUT2D eigenvalue weighted by Crippen LogP contribution is 2.25. The number of ether oxygens (including phenoxy) is 4. The Labute approximate surface area is 167 Å². The minimum Gasteiger partial charge on any atom is -0.459 e. The third-order valence-corrected chi connectivity index (χ3v) is 4.51. The van der Waals surface area contributed by atoms with E-state index in [4.69, 9.17) is 18.9 Å². The summed E-state index contributed by atoms with van der Waals surface area (Å²) in [5, 5.41) is 21.0. The van der Waals surface area contributed by atoms with Crippen LogP contribution in [-0.2, 0) is 18.9 Å². The van der Waals surface area contributed by atoms with Crippen LogP contribution in [0, 0.1) is 0 Å². The van der Waals surface area contributed by atoms with Gasteiger partial charge in [0.1, 0.15) is 24.9 Å². The highest BCUT2D eigenvalue weighted by Gasteiger charge is 2.47. The number of aliphatic hydroxyl groups is 2. The van der Waals surface area contributed by atoms with Gasteiger partial charge in [-0.15, -0.1) is 0 Å². The van der Waals surface area contributed by atoms with Gasteiger partial charge in [0.25, 0.3) is 0 Å². The van der Waals surface area contributed by atoms with Crippen molar-refractivity contribution in [1.29, 1.82) is 0 Å². The van der Waals surface area contributed by atoms with Gasteiger partial charge in [-0.3, -0.25) is 0 Å². The molecular formula is C21H22O8. The first-order chi connectivity index (χ1) is 14.0. The lowest BCUT2D eigenvalue weighted by molar-refractivity contribution is -0.293. The van der Waals surface area contributed by atoms with Gasteiger partial charge in [0, 0.05) is 7.11 Å². The lowest BCUT2D eigenvalue weighted by Crippen LogP contribution is -2.60. The highest BCUT2D eigenvalue weighted by atomic mass is 16.7. The molecule has 2 aromatic rings. The maximum atomic E-state index is 12.3. The Balaban J connectivity index is 1.68. The van der Waals surface area contributed by atoms with Crippen LogP contribution in [-0.4, -0.2) is 66.6 Å². The predicted molar refractivity (Wildman–Crippen MR) is 100 cm³/mol. The van der Waals surface area contributed by atoms with Crippen LogP contribution in [0.5, 0.6) is 0 Å². The average Bonchev–Trinajstić information content (AvgIpc) is 2.77. The summed E-state index contributed by atoms with van der Waals surface area (Å²) in [5.74, 6) is -1.31. The maximum absolute atomic E-state index is 12.3. The molecule has 5 atom stereocenters. The molecular weight excluding hydrogens is 380 g/mol. The normalized spacial score (nSPS) is 26.5. The molecule has 1 saturated heterocycles. The van der Waals surface area contributed by atoms with Crippen LogP contribution in [0.3, 0.4) is 0 Å². The molecule has 2 N–H and O–H groups in total. The maximum Gasteiger partial charge on any atom is 0.338 e. The fourth-order valence-electron chi connectivity index (χ4n) is 2.96. The van der Waals surface area contributed by atoms with Gasteiger partial charge < -0.3 is 29.2 Å². The monoisotopic (exact) mass is 402 g/mol. The number of rotatable bonds is 6. The topological polar surface area (TPSA) is 112 Å². The van der Waals surface area contributed by atoms with E-state index in [2.05, 4.69) is 0 Å². The number of carbonyl (C=O) groups excluding carboxylic acids is 2. The molecule has 1 aliphatic rings. The second kappa shape index (κ2) is 9.62. The Hall–Kier alpha value is -2.78. The quantitative estimate of drug-likeness (QED) is 0.693. The van der Waals surface area contributed by atoms with E-state index in [0.717, 1.165) is 0 Å². The number of esters is 2. The smallest absolute Gasteiger partial charge is 0.338 e. The van der Waals surface area contributed by atoms with Crippen LogP contribution in [0.4, 0.5) is 0 Å². The molecule has 1 aliphatic heterocycles. The van der Waals surface area contributed by atoms with Gasteiger partial charge in [0.05, 0.1) is 11.1 Å². The average molecular weight is 402 g/mol. The molecule has 8 nitrogen and oxygen atoms in total. The summed E-state index contributed by atoms with van der Waals surface area (Å²) in [4.78, 5) is 24.5. The second-order valence-electron chi connectivity index (χ2n) is 6.46. The van der Waals surface area contributed by atoms with Crippen LogP contribution < -0.4 is 0 Å². The summed E-state index contributed by atoms with van der Waals surface area (Å²) in [6.07, 6.45) is -6.44. The summed E-state index contributed by atoms with van der Waals surface area (Å²) < 4.78 is 21.1. The number of carbonyl (C=O) groups is 2. The number of methoxy groups -OCH3 is 1. The standard InChI is InChI=1S/C21H22O8/c1-26-21-17(23)18(29-20(25)14-10-6-3-7-11-14)16(22)15(28-21)12-27-19(24)13-8-4-2-5-9-13/h2-11,15-18,21-23H,12H2,1H3/t15-,16+,17-,18+,21-/m1/s1. The summed E-state index contributed by atoms with van der Waals surface area (Å²) in [5.41, 5.74) is 0.604. The summed E-state index contributed by atoms with van der Waals surface area (Å²) >= 11 is 0. The van der Waals surface area contributed by atoms with Crippen molar-refractivity contribution in [1.82, 2.24) is 0 Å². The molecule has 0 unspecified atom stereocenters. The molecule has 3 rings (SSSR count). The summed E-state index contributed by atoms with van der Waals surface area (Å²) in [6.45, 7) is -0.319. The van der Waals surface area contributed by atoms with Crippen LogP contribution in [0.2, 0.25) is 0 Å².